The monoisotopic (exact) mass is 267 g/mol. The number of carbonyl (C=O) groups excluding carboxylic acids is 1. The largest absolute Gasteiger partial charge is 0.481 e. The van der Waals surface area contributed by atoms with E-state index in [4.69, 9.17) is 10.5 Å². The van der Waals surface area contributed by atoms with Crippen molar-refractivity contribution >= 4 is 16.8 Å². The minimum Gasteiger partial charge on any atom is -0.481 e. The van der Waals surface area contributed by atoms with Gasteiger partial charge >= 0.3 is 0 Å². The average Bonchev–Trinajstić information content (AvgIpc) is 2.94. The number of benzene rings is 1. The van der Waals surface area contributed by atoms with Gasteiger partial charge in [-0.2, -0.15) is 0 Å². The number of primary amides is 1. The van der Waals surface area contributed by atoms with Gasteiger partial charge in [0.1, 0.15) is 0 Å². The highest BCUT2D eigenvalue weighted by Crippen LogP contribution is 2.27. The highest BCUT2D eigenvalue weighted by atomic mass is 16.5. The Hall–Kier alpha value is -2.82. The number of fused-ring (bicyclic) bond motifs is 1. The van der Waals surface area contributed by atoms with Gasteiger partial charge in [-0.05, 0) is 29.8 Å². The summed E-state index contributed by atoms with van der Waals surface area (Å²) in [5, 5.41) is 0.937. The number of nitrogens with two attached hydrogens (primary N) is 1. The summed E-state index contributed by atoms with van der Waals surface area (Å²) in [4.78, 5) is 18.8. The van der Waals surface area contributed by atoms with Crippen LogP contribution in [-0.4, -0.2) is 23.0 Å². The van der Waals surface area contributed by atoms with Gasteiger partial charge < -0.3 is 15.5 Å². The molecular weight excluding hydrogens is 254 g/mol. The molecule has 0 aliphatic carbocycles. The molecule has 2 heterocycles. The van der Waals surface area contributed by atoms with E-state index in [1.54, 1.807) is 31.6 Å². The number of carbonyl (C=O) groups is 1. The maximum Gasteiger partial charge on any atom is 0.250 e. The van der Waals surface area contributed by atoms with Gasteiger partial charge in [0.15, 0.2) is 0 Å². The van der Waals surface area contributed by atoms with Gasteiger partial charge in [0.2, 0.25) is 5.88 Å². The lowest BCUT2D eigenvalue weighted by Gasteiger charge is -2.06. The first-order chi connectivity index (χ1) is 9.69. The molecule has 5 heteroatoms. The van der Waals surface area contributed by atoms with E-state index in [0.717, 1.165) is 22.0 Å². The average molecular weight is 267 g/mol. The van der Waals surface area contributed by atoms with Crippen LogP contribution in [0, 0.1) is 0 Å². The maximum absolute atomic E-state index is 11.6. The van der Waals surface area contributed by atoms with Gasteiger partial charge in [0, 0.05) is 29.4 Å². The van der Waals surface area contributed by atoms with Crippen LogP contribution in [0.15, 0.2) is 42.7 Å². The summed E-state index contributed by atoms with van der Waals surface area (Å²) in [5.41, 5.74) is 8.45. The van der Waals surface area contributed by atoms with Crippen LogP contribution in [0.25, 0.3) is 22.0 Å². The Morgan fingerprint density at radius 3 is 2.75 bits per heavy atom. The molecule has 0 saturated carbocycles. The Labute approximate surface area is 115 Å². The number of H-pyrrole nitrogens is 1. The second kappa shape index (κ2) is 4.70. The van der Waals surface area contributed by atoms with Gasteiger partial charge in [-0.25, -0.2) is 4.98 Å². The summed E-state index contributed by atoms with van der Waals surface area (Å²) in [6.45, 7) is 0. The van der Waals surface area contributed by atoms with E-state index in [-0.39, 0.29) is 0 Å². The summed E-state index contributed by atoms with van der Waals surface area (Å²) in [5.74, 6) is 0.0902. The molecule has 0 bridgehead atoms. The van der Waals surface area contributed by atoms with Crippen LogP contribution in [0.5, 0.6) is 5.88 Å². The molecule has 5 nitrogen and oxygen atoms in total. The zero-order valence-electron chi connectivity index (χ0n) is 10.9. The predicted molar refractivity (Wildman–Crippen MR) is 76.6 cm³/mol. The van der Waals surface area contributed by atoms with Crippen molar-refractivity contribution in [1.29, 1.82) is 0 Å². The lowest BCUT2D eigenvalue weighted by molar-refractivity contribution is 0.100. The zero-order valence-corrected chi connectivity index (χ0v) is 10.9. The first kappa shape index (κ1) is 12.2. The van der Waals surface area contributed by atoms with E-state index in [1.165, 1.54) is 0 Å². The highest BCUT2D eigenvalue weighted by Gasteiger charge is 2.11. The van der Waals surface area contributed by atoms with Crippen LogP contribution in [0.2, 0.25) is 0 Å². The van der Waals surface area contributed by atoms with Crippen LogP contribution in [0.4, 0.5) is 0 Å². The molecule has 3 N–H and O–H groups in total. The fourth-order valence-electron chi connectivity index (χ4n) is 2.20. The van der Waals surface area contributed by atoms with Crippen molar-refractivity contribution in [2.45, 2.75) is 0 Å². The standard InChI is InChI=1S/C15H13N3O2/c1-20-13-3-2-10(8-18-13)11-6-9-4-5-17-14(9)12(7-11)15(16)19/h2-8,17H,1H3,(H2,16,19). The minimum atomic E-state index is -0.458. The van der Waals surface area contributed by atoms with Crippen molar-refractivity contribution in [2.75, 3.05) is 7.11 Å². The Morgan fingerprint density at radius 2 is 2.10 bits per heavy atom. The number of methoxy groups -OCH3 is 1. The highest BCUT2D eigenvalue weighted by molar-refractivity contribution is 6.06. The summed E-state index contributed by atoms with van der Waals surface area (Å²) < 4.78 is 5.03. The van der Waals surface area contributed by atoms with E-state index < -0.39 is 5.91 Å². The van der Waals surface area contributed by atoms with Crippen LogP contribution in [-0.2, 0) is 0 Å². The quantitative estimate of drug-likeness (QED) is 0.764. The minimum absolute atomic E-state index is 0.458. The summed E-state index contributed by atoms with van der Waals surface area (Å²) in [6.07, 6.45) is 3.49. The third-order valence-electron chi connectivity index (χ3n) is 3.20. The molecule has 3 aromatic rings. The number of amides is 1. The van der Waals surface area contributed by atoms with Gasteiger partial charge in [-0.15, -0.1) is 0 Å². The predicted octanol–water partition coefficient (Wildman–Crippen LogP) is 2.34. The normalized spacial score (nSPS) is 10.7. The van der Waals surface area contributed by atoms with Crippen molar-refractivity contribution in [2.24, 2.45) is 5.73 Å². The lowest BCUT2D eigenvalue weighted by Crippen LogP contribution is -2.11. The van der Waals surface area contributed by atoms with Crippen molar-refractivity contribution < 1.29 is 9.53 Å². The smallest absolute Gasteiger partial charge is 0.250 e. The first-order valence-corrected chi connectivity index (χ1v) is 6.10. The Kier molecular flexibility index (Phi) is 2.87. The number of rotatable bonds is 3. The number of hydrogen-bond donors (Lipinski definition) is 2. The molecule has 100 valence electrons. The number of hydrogen-bond acceptors (Lipinski definition) is 3. The maximum atomic E-state index is 11.6. The third-order valence-corrected chi connectivity index (χ3v) is 3.20. The topological polar surface area (TPSA) is 81.0 Å². The van der Waals surface area contributed by atoms with E-state index in [1.807, 2.05) is 18.2 Å². The molecule has 0 radical (unpaired) electrons. The lowest BCUT2D eigenvalue weighted by atomic mass is 10.0. The van der Waals surface area contributed by atoms with E-state index in [0.29, 0.717) is 11.4 Å². The summed E-state index contributed by atoms with van der Waals surface area (Å²) in [6, 6.07) is 9.33. The molecule has 3 rings (SSSR count). The van der Waals surface area contributed by atoms with Crippen LogP contribution in [0.3, 0.4) is 0 Å². The van der Waals surface area contributed by atoms with Gasteiger partial charge in [0.05, 0.1) is 18.2 Å². The second-order valence-electron chi connectivity index (χ2n) is 4.42. The molecular formula is C15H13N3O2. The molecule has 1 amide bonds. The molecule has 0 unspecified atom stereocenters. The van der Waals surface area contributed by atoms with Crippen molar-refractivity contribution in [3.05, 3.63) is 48.3 Å². The molecule has 0 aliphatic heterocycles. The number of nitrogens with zero attached hydrogens (tertiary/aromatic N) is 1. The molecule has 1 aromatic carbocycles. The molecule has 0 spiro atoms. The van der Waals surface area contributed by atoms with Gasteiger partial charge in [-0.3, -0.25) is 4.79 Å². The first-order valence-electron chi connectivity index (χ1n) is 6.10. The summed E-state index contributed by atoms with van der Waals surface area (Å²) in [7, 11) is 1.57. The fraction of sp³-hybridized carbons (Fsp3) is 0.0667. The number of aromatic amines is 1. The van der Waals surface area contributed by atoms with E-state index in [9.17, 15) is 4.79 Å². The van der Waals surface area contributed by atoms with Crippen molar-refractivity contribution in [3.63, 3.8) is 0 Å². The molecule has 0 aliphatic rings. The van der Waals surface area contributed by atoms with Crippen LogP contribution in [0.1, 0.15) is 10.4 Å². The molecule has 2 aromatic heterocycles. The van der Waals surface area contributed by atoms with Gasteiger partial charge in [-0.1, -0.05) is 0 Å². The molecule has 0 saturated heterocycles. The SMILES string of the molecule is COc1ccc(-c2cc(C(N)=O)c3[nH]ccc3c2)cn1. The molecule has 0 atom stereocenters. The summed E-state index contributed by atoms with van der Waals surface area (Å²) >= 11 is 0. The number of ether oxygens (including phenoxy) is 1. The van der Waals surface area contributed by atoms with Gasteiger partial charge in [0.25, 0.3) is 5.91 Å². The number of nitrogens with one attached hydrogen (secondary N) is 1. The fourth-order valence-corrected chi connectivity index (χ4v) is 2.20. The number of aromatic nitrogens is 2. The van der Waals surface area contributed by atoms with Crippen LogP contribution >= 0.6 is 0 Å². The van der Waals surface area contributed by atoms with E-state index in [2.05, 4.69) is 9.97 Å². The Bertz CT molecular complexity index is 775. The third kappa shape index (κ3) is 1.99. The second-order valence-corrected chi connectivity index (χ2v) is 4.42. The Morgan fingerprint density at radius 1 is 1.25 bits per heavy atom. The number of pyridine rings is 1. The van der Waals surface area contributed by atoms with Crippen LogP contribution < -0.4 is 10.5 Å². The molecule has 0 fully saturated rings. The molecule has 20 heavy (non-hydrogen) atoms. The Balaban J connectivity index is 2.17. The zero-order chi connectivity index (χ0) is 14.1. The van der Waals surface area contributed by atoms with E-state index >= 15 is 0 Å². The van der Waals surface area contributed by atoms with Crippen molar-refractivity contribution in [3.8, 4) is 17.0 Å². The van der Waals surface area contributed by atoms with Crippen molar-refractivity contribution in [1.82, 2.24) is 9.97 Å².